The smallest absolute Gasteiger partial charge is 0.410 e. The molecular weight excluding hydrogens is 681 g/mol. The van der Waals surface area contributed by atoms with Gasteiger partial charge in [-0.3, -0.25) is 14.5 Å². The molecule has 3 aromatic carbocycles. The SMILES string of the molecule is CCN(CC)CC(c1ccccc1F)N1CCN(C(=O)[C@@H](Cc2ccc(Cl)cc2)NC(=O)CC2c3ccccc3CCN2C(=O)OC(C)(C)C)CC1. The lowest BCUT2D eigenvalue weighted by Gasteiger charge is -2.42. The summed E-state index contributed by atoms with van der Waals surface area (Å²) in [6.45, 7) is 14.5. The number of benzene rings is 3. The van der Waals surface area contributed by atoms with Gasteiger partial charge in [0.1, 0.15) is 17.5 Å². The van der Waals surface area contributed by atoms with Crippen molar-refractivity contribution in [3.05, 3.63) is 106 Å². The number of nitrogens with one attached hydrogen (secondary N) is 1. The van der Waals surface area contributed by atoms with Crippen molar-refractivity contribution >= 4 is 29.5 Å². The minimum Gasteiger partial charge on any atom is -0.444 e. The van der Waals surface area contributed by atoms with Crippen LogP contribution in [-0.2, 0) is 27.2 Å². The Labute approximate surface area is 313 Å². The lowest BCUT2D eigenvalue weighted by molar-refractivity contribution is -0.138. The van der Waals surface area contributed by atoms with Gasteiger partial charge in [-0.1, -0.05) is 80.0 Å². The van der Waals surface area contributed by atoms with Crippen LogP contribution in [-0.4, -0.2) is 102 Å². The second kappa shape index (κ2) is 17.7. The van der Waals surface area contributed by atoms with Gasteiger partial charge in [0, 0.05) is 56.3 Å². The van der Waals surface area contributed by atoms with Crippen LogP contribution >= 0.6 is 11.6 Å². The van der Waals surface area contributed by atoms with Crippen molar-refractivity contribution in [1.29, 1.82) is 0 Å². The maximum absolute atomic E-state index is 15.1. The molecule has 0 bridgehead atoms. The van der Waals surface area contributed by atoms with Crippen LogP contribution < -0.4 is 5.32 Å². The molecule has 2 heterocycles. The molecule has 1 N–H and O–H groups in total. The van der Waals surface area contributed by atoms with Crippen molar-refractivity contribution in [3.63, 3.8) is 0 Å². The Morgan fingerprint density at radius 2 is 1.58 bits per heavy atom. The molecule has 0 saturated carbocycles. The molecule has 52 heavy (non-hydrogen) atoms. The number of hydrogen-bond donors (Lipinski definition) is 1. The highest BCUT2D eigenvalue weighted by Gasteiger charge is 2.37. The molecule has 3 amide bonds. The summed E-state index contributed by atoms with van der Waals surface area (Å²) < 4.78 is 20.9. The summed E-state index contributed by atoms with van der Waals surface area (Å²) in [6, 6.07) is 20.5. The van der Waals surface area contributed by atoms with E-state index in [-0.39, 0.29) is 36.5 Å². The van der Waals surface area contributed by atoms with Gasteiger partial charge in [-0.25, -0.2) is 9.18 Å². The van der Waals surface area contributed by atoms with E-state index in [0.717, 1.165) is 29.8 Å². The Bertz CT molecular complexity index is 1670. The molecule has 9 nitrogen and oxygen atoms in total. The number of halogens is 2. The van der Waals surface area contributed by atoms with Crippen LogP contribution in [0.15, 0.2) is 72.8 Å². The third kappa shape index (κ3) is 10.1. The predicted molar refractivity (Wildman–Crippen MR) is 203 cm³/mol. The largest absolute Gasteiger partial charge is 0.444 e. The fourth-order valence-electron chi connectivity index (χ4n) is 7.25. The molecule has 280 valence electrons. The fourth-order valence-corrected chi connectivity index (χ4v) is 7.38. The second-order valence-corrected chi connectivity index (χ2v) is 15.1. The predicted octanol–water partition coefficient (Wildman–Crippen LogP) is 6.66. The molecule has 0 radical (unpaired) electrons. The molecule has 3 aromatic rings. The highest BCUT2D eigenvalue weighted by molar-refractivity contribution is 6.30. The Hall–Kier alpha value is -3.99. The maximum atomic E-state index is 15.1. The monoisotopic (exact) mass is 733 g/mol. The third-order valence-corrected chi connectivity index (χ3v) is 10.3. The first-order valence-electron chi connectivity index (χ1n) is 18.5. The van der Waals surface area contributed by atoms with Crippen LogP contribution in [0.1, 0.15) is 75.4 Å². The first-order valence-corrected chi connectivity index (χ1v) is 18.9. The van der Waals surface area contributed by atoms with Crippen LogP contribution in [0, 0.1) is 5.82 Å². The molecule has 0 aliphatic carbocycles. The van der Waals surface area contributed by atoms with E-state index in [0.29, 0.717) is 56.3 Å². The zero-order chi connectivity index (χ0) is 37.4. The average Bonchev–Trinajstić information content (AvgIpc) is 3.12. The summed E-state index contributed by atoms with van der Waals surface area (Å²) in [7, 11) is 0. The Morgan fingerprint density at radius 3 is 2.23 bits per heavy atom. The van der Waals surface area contributed by atoms with Crippen molar-refractivity contribution in [1.82, 2.24) is 24.9 Å². The number of rotatable bonds is 12. The molecule has 2 aliphatic heterocycles. The quantitative estimate of drug-likeness (QED) is 0.224. The number of piperazine rings is 1. The van der Waals surface area contributed by atoms with E-state index in [1.165, 1.54) is 6.07 Å². The molecule has 11 heteroatoms. The second-order valence-electron chi connectivity index (χ2n) is 14.7. The van der Waals surface area contributed by atoms with Crippen molar-refractivity contribution in [2.75, 3.05) is 52.4 Å². The zero-order valence-corrected chi connectivity index (χ0v) is 31.9. The van der Waals surface area contributed by atoms with Gasteiger partial charge in [0.05, 0.1) is 18.5 Å². The molecule has 3 atom stereocenters. The molecule has 1 fully saturated rings. The van der Waals surface area contributed by atoms with Crippen LogP contribution in [0.3, 0.4) is 0 Å². The van der Waals surface area contributed by atoms with E-state index in [1.807, 2.05) is 69.3 Å². The van der Waals surface area contributed by atoms with Crippen LogP contribution in [0.2, 0.25) is 5.02 Å². The minimum absolute atomic E-state index is 0.0237. The molecule has 2 aliphatic rings. The van der Waals surface area contributed by atoms with E-state index in [2.05, 4.69) is 29.0 Å². The van der Waals surface area contributed by atoms with E-state index < -0.39 is 23.8 Å². The van der Waals surface area contributed by atoms with Crippen molar-refractivity contribution < 1.29 is 23.5 Å². The van der Waals surface area contributed by atoms with Gasteiger partial charge in [-0.05, 0) is 75.2 Å². The molecule has 1 saturated heterocycles. The Balaban J connectivity index is 1.33. The number of likely N-dealkylation sites (N-methyl/N-ethyl adjacent to an activating group) is 1. The van der Waals surface area contributed by atoms with Gasteiger partial charge in [-0.2, -0.15) is 0 Å². The molecule has 0 aromatic heterocycles. The van der Waals surface area contributed by atoms with Crippen LogP contribution in [0.4, 0.5) is 9.18 Å². The Morgan fingerprint density at radius 1 is 0.923 bits per heavy atom. The van der Waals surface area contributed by atoms with Crippen molar-refractivity contribution in [2.45, 2.75) is 77.6 Å². The van der Waals surface area contributed by atoms with Gasteiger partial charge in [0.2, 0.25) is 11.8 Å². The number of hydrogen-bond acceptors (Lipinski definition) is 6. The van der Waals surface area contributed by atoms with Crippen LogP contribution in [0.5, 0.6) is 0 Å². The van der Waals surface area contributed by atoms with Crippen molar-refractivity contribution in [3.8, 4) is 0 Å². The van der Waals surface area contributed by atoms with Crippen molar-refractivity contribution in [2.24, 2.45) is 0 Å². The lowest BCUT2D eigenvalue weighted by atomic mass is 9.90. The summed E-state index contributed by atoms with van der Waals surface area (Å²) in [4.78, 5) is 49.6. The van der Waals surface area contributed by atoms with Gasteiger partial charge in [0.15, 0.2) is 0 Å². The normalized spacial score (nSPS) is 17.7. The summed E-state index contributed by atoms with van der Waals surface area (Å²) in [5, 5.41) is 3.64. The van der Waals surface area contributed by atoms with E-state index in [4.69, 9.17) is 16.3 Å². The summed E-state index contributed by atoms with van der Waals surface area (Å²) in [6.07, 6.45) is 0.438. The minimum atomic E-state index is -0.841. The molecule has 5 rings (SSSR count). The van der Waals surface area contributed by atoms with Crippen LogP contribution in [0.25, 0.3) is 0 Å². The summed E-state index contributed by atoms with van der Waals surface area (Å²) in [5.41, 5.74) is 2.81. The number of ether oxygens (including phenoxy) is 1. The average molecular weight is 734 g/mol. The number of nitrogens with zero attached hydrogens (tertiary/aromatic N) is 4. The Kier molecular flexibility index (Phi) is 13.3. The molecular formula is C41H53ClFN5O4. The lowest BCUT2D eigenvalue weighted by Crippen LogP contribution is -2.57. The highest BCUT2D eigenvalue weighted by atomic mass is 35.5. The summed E-state index contributed by atoms with van der Waals surface area (Å²) in [5.74, 6) is -0.739. The fraction of sp³-hybridized carbons (Fsp3) is 0.488. The topological polar surface area (TPSA) is 85.4 Å². The van der Waals surface area contributed by atoms with Gasteiger partial charge < -0.3 is 24.8 Å². The standard InChI is InChI=1S/C41H53ClFN5O4/c1-6-45(7-2)28-37(33-14-10-11-15-34(33)43)46-22-24-47(25-23-46)39(50)35(26-29-16-18-31(42)19-17-29)44-38(49)27-36-32-13-9-8-12-30(32)20-21-48(36)40(51)52-41(3,4)5/h8-19,35-37H,6-7,20-28H2,1-5H3,(H,44,49)/t35-,36?,37?/m1/s1. The number of carbonyl (C=O) groups is 3. The zero-order valence-electron chi connectivity index (χ0n) is 31.1. The van der Waals surface area contributed by atoms with E-state index in [9.17, 15) is 14.4 Å². The third-order valence-electron chi connectivity index (χ3n) is 10.1. The maximum Gasteiger partial charge on any atom is 0.410 e. The van der Waals surface area contributed by atoms with E-state index >= 15 is 4.39 Å². The van der Waals surface area contributed by atoms with E-state index in [1.54, 1.807) is 28.0 Å². The first kappa shape index (κ1) is 39.2. The number of carbonyl (C=O) groups excluding carboxylic acids is 3. The summed E-state index contributed by atoms with van der Waals surface area (Å²) >= 11 is 6.17. The van der Waals surface area contributed by atoms with Gasteiger partial charge in [-0.15, -0.1) is 0 Å². The number of amides is 3. The molecule has 0 spiro atoms. The highest BCUT2D eigenvalue weighted by Crippen LogP contribution is 2.34. The number of fused-ring (bicyclic) bond motifs is 1. The molecule has 2 unspecified atom stereocenters. The first-order chi connectivity index (χ1) is 24.9. The van der Waals surface area contributed by atoms with Gasteiger partial charge >= 0.3 is 6.09 Å². The van der Waals surface area contributed by atoms with Gasteiger partial charge in [0.25, 0.3) is 0 Å².